The minimum atomic E-state index is -0.277. The summed E-state index contributed by atoms with van der Waals surface area (Å²) in [6, 6.07) is 6.77. The maximum atomic E-state index is 13.3. The van der Waals surface area contributed by atoms with Crippen LogP contribution in [0.3, 0.4) is 0 Å². The van der Waals surface area contributed by atoms with Crippen LogP contribution in [0.25, 0.3) is 0 Å². The van der Waals surface area contributed by atoms with Crippen LogP contribution < -0.4 is 10.6 Å². The Balaban J connectivity index is 2.26. The zero-order chi connectivity index (χ0) is 18.8. The van der Waals surface area contributed by atoms with Gasteiger partial charge in [-0.1, -0.05) is 37.0 Å². The van der Waals surface area contributed by atoms with Gasteiger partial charge in [0.25, 0.3) is 0 Å². The van der Waals surface area contributed by atoms with Gasteiger partial charge in [-0.15, -0.1) is 0 Å². The summed E-state index contributed by atoms with van der Waals surface area (Å²) in [5, 5.41) is 6.96. The van der Waals surface area contributed by atoms with Gasteiger partial charge in [-0.05, 0) is 37.1 Å². The number of halogens is 2. The van der Waals surface area contributed by atoms with Crippen molar-refractivity contribution in [2.45, 2.75) is 26.7 Å². The molecule has 0 saturated carbocycles. The van der Waals surface area contributed by atoms with Gasteiger partial charge in [0.1, 0.15) is 0 Å². The van der Waals surface area contributed by atoms with Gasteiger partial charge in [-0.2, -0.15) is 0 Å². The molecule has 0 heterocycles. The first-order chi connectivity index (χ1) is 12.5. The predicted molar refractivity (Wildman–Crippen MR) is 107 cm³/mol. The van der Waals surface area contributed by atoms with Crippen molar-refractivity contribution in [3.8, 4) is 0 Å². The summed E-state index contributed by atoms with van der Waals surface area (Å²) in [4.78, 5) is 26.5. The molecule has 3 rings (SSSR count). The van der Waals surface area contributed by atoms with E-state index in [-0.39, 0.29) is 32.7 Å². The van der Waals surface area contributed by atoms with Gasteiger partial charge >= 0.3 is 0 Å². The monoisotopic (exact) mass is 390 g/mol. The molecule has 2 aromatic rings. The topological polar surface area (TPSA) is 58.2 Å². The van der Waals surface area contributed by atoms with E-state index in [0.717, 1.165) is 12.8 Å². The number of nitrogens with one attached hydrogen (secondary N) is 2. The summed E-state index contributed by atoms with van der Waals surface area (Å²) in [7, 11) is 0. The molecule has 0 fully saturated rings. The number of anilines is 2. The fourth-order valence-electron chi connectivity index (χ4n) is 3.13. The number of benzene rings is 2. The van der Waals surface area contributed by atoms with Crippen LogP contribution in [0, 0.1) is 0 Å². The van der Waals surface area contributed by atoms with Crippen molar-refractivity contribution in [1.29, 1.82) is 0 Å². The molecule has 0 saturated heterocycles. The minimum absolute atomic E-state index is 0.184. The molecular weight excluding hydrogens is 371 g/mol. The van der Waals surface area contributed by atoms with Crippen molar-refractivity contribution in [2.75, 3.05) is 23.7 Å². The second-order valence-electron chi connectivity index (χ2n) is 6.20. The highest BCUT2D eigenvalue weighted by Crippen LogP contribution is 2.41. The quantitative estimate of drug-likeness (QED) is 0.590. The second-order valence-corrected chi connectivity index (χ2v) is 7.02. The molecule has 0 atom stereocenters. The Morgan fingerprint density at radius 2 is 1.08 bits per heavy atom. The van der Waals surface area contributed by atoms with Gasteiger partial charge in [0.15, 0.2) is 11.6 Å². The zero-order valence-corrected chi connectivity index (χ0v) is 16.2. The molecule has 1 aliphatic rings. The lowest BCUT2D eigenvalue weighted by Gasteiger charge is -2.25. The molecule has 0 aliphatic heterocycles. The normalized spacial score (nSPS) is 12.6. The van der Waals surface area contributed by atoms with E-state index in [1.54, 1.807) is 12.1 Å². The van der Waals surface area contributed by atoms with Crippen LogP contribution in [-0.4, -0.2) is 24.7 Å². The van der Waals surface area contributed by atoms with Gasteiger partial charge in [-0.3, -0.25) is 9.59 Å². The van der Waals surface area contributed by atoms with Gasteiger partial charge in [0, 0.05) is 24.5 Å². The number of ketones is 2. The largest absolute Gasteiger partial charge is 0.384 e. The second kappa shape index (κ2) is 7.68. The molecule has 0 aromatic heterocycles. The molecule has 0 amide bonds. The third-order valence-corrected chi connectivity index (χ3v) is 4.98. The van der Waals surface area contributed by atoms with E-state index in [2.05, 4.69) is 10.6 Å². The minimum Gasteiger partial charge on any atom is -0.384 e. The van der Waals surface area contributed by atoms with Crippen molar-refractivity contribution in [1.82, 2.24) is 0 Å². The van der Waals surface area contributed by atoms with E-state index >= 15 is 0 Å². The molecular formula is C20H20Cl2N2O2. The highest BCUT2D eigenvalue weighted by atomic mass is 35.5. The fraction of sp³-hybridized carbons (Fsp3) is 0.300. The zero-order valence-electron chi connectivity index (χ0n) is 14.7. The summed E-state index contributed by atoms with van der Waals surface area (Å²) in [5.41, 5.74) is 2.38. The standard InChI is InChI=1S/C20H20Cl2N2O2/c1-3-9-23-13-7-8-14(24-10-4-2)18-17(13)19(25)15-11(21)5-6-12(22)16(15)20(18)26/h5-8,23-24H,3-4,9-10H2,1-2H3. The van der Waals surface area contributed by atoms with Crippen molar-refractivity contribution < 1.29 is 9.59 Å². The highest BCUT2D eigenvalue weighted by molar-refractivity contribution is 6.44. The average Bonchev–Trinajstić information content (AvgIpc) is 2.64. The Labute approximate surface area is 162 Å². The number of hydrogen-bond acceptors (Lipinski definition) is 4. The molecule has 0 unspecified atom stereocenters. The first-order valence-electron chi connectivity index (χ1n) is 8.73. The van der Waals surface area contributed by atoms with Crippen LogP contribution in [0.1, 0.15) is 58.5 Å². The molecule has 4 nitrogen and oxygen atoms in total. The number of fused-ring (bicyclic) bond motifs is 2. The molecule has 2 aromatic carbocycles. The molecule has 2 N–H and O–H groups in total. The van der Waals surface area contributed by atoms with Crippen LogP contribution in [0.2, 0.25) is 10.0 Å². The number of carbonyl (C=O) groups is 2. The summed E-state index contributed by atoms with van der Waals surface area (Å²) in [5.74, 6) is -0.554. The van der Waals surface area contributed by atoms with Crippen LogP contribution in [0.4, 0.5) is 11.4 Å². The molecule has 136 valence electrons. The first kappa shape index (κ1) is 18.7. The number of hydrogen-bond donors (Lipinski definition) is 2. The lowest BCUT2D eigenvalue weighted by molar-refractivity contribution is 0.0980. The van der Waals surface area contributed by atoms with Gasteiger partial charge in [0.2, 0.25) is 0 Å². The van der Waals surface area contributed by atoms with Crippen LogP contribution in [0.15, 0.2) is 24.3 Å². The van der Waals surface area contributed by atoms with Gasteiger partial charge < -0.3 is 10.6 Å². The maximum Gasteiger partial charge on any atom is 0.198 e. The fourth-order valence-corrected chi connectivity index (χ4v) is 3.62. The van der Waals surface area contributed by atoms with E-state index in [1.165, 1.54) is 0 Å². The van der Waals surface area contributed by atoms with Crippen molar-refractivity contribution in [3.05, 3.63) is 56.6 Å². The van der Waals surface area contributed by atoms with Crippen molar-refractivity contribution in [2.24, 2.45) is 0 Å². The first-order valence-corrected chi connectivity index (χ1v) is 9.48. The lowest BCUT2D eigenvalue weighted by atomic mass is 9.82. The number of rotatable bonds is 6. The molecule has 0 radical (unpaired) electrons. The third-order valence-electron chi connectivity index (χ3n) is 4.35. The van der Waals surface area contributed by atoms with E-state index in [4.69, 9.17) is 23.2 Å². The van der Waals surface area contributed by atoms with Crippen molar-refractivity contribution in [3.63, 3.8) is 0 Å². The van der Waals surface area contributed by atoms with E-state index in [1.807, 2.05) is 26.0 Å². The van der Waals surface area contributed by atoms with E-state index < -0.39 is 0 Å². The Kier molecular flexibility index (Phi) is 5.54. The molecule has 6 heteroatoms. The van der Waals surface area contributed by atoms with Crippen LogP contribution >= 0.6 is 23.2 Å². The number of carbonyl (C=O) groups excluding carboxylic acids is 2. The van der Waals surface area contributed by atoms with Crippen LogP contribution in [0.5, 0.6) is 0 Å². The summed E-state index contributed by atoms with van der Waals surface area (Å²) >= 11 is 12.5. The summed E-state index contributed by atoms with van der Waals surface area (Å²) in [6.45, 7) is 5.47. The maximum absolute atomic E-state index is 13.3. The molecule has 0 spiro atoms. The van der Waals surface area contributed by atoms with E-state index in [9.17, 15) is 9.59 Å². The van der Waals surface area contributed by atoms with Gasteiger partial charge in [-0.25, -0.2) is 0 Å². The lowest BCUT2D eigenvalue weighted by Crippen LogP contribution is -2.25. The van der Waals surface area contributed by atoms with E-state index in [0.29, 0.717) is 35.6 Å². The Morgan fingerprint density at radius 3 is 1.42 bits per heavy atom. The predicted octanol–water partition coefficient (Wildman–Crippen LogP) is 5.41. The van der Waals surface area contributed by atoms with Crippen LogP contribution in [-0.2, 0) is 0 Å². The third kappa shape index (κ3) is 3.08. The molecule has 0 bridgehead atoms. The summed E-state index contributed by atoms with van der Waals surface area (Å²) < 4.78 is 0. The SMILES string of the molecule is CCCNc1ccc(NCCC)c2c1C(=O)c1c(Cl)ccc(Cl)c1C2=O. The molecule has 1 aliphatic carbocycles. The van der Waals surface area contributed by atoms with Gasteiger partial charge in [0.05, 0.1) is 32.3 Å². The Hall–Kier alpha value is -2.04. The molecule has 26 heavy (non-hydrogen) atoms. The highest BCUT2D eigenvalue weighted by Gasteiger charge is 2.36. The Morgan fingerprint density at radius 1 is 0.692 bits per heavy atom. The summed E-state index contributed by atoms with van der Waals surface area (Å²) in [6.07, 6.45) is 1.80. The Bertz CT molecular complexity index is 822. The average molecular weight is 391 g/mol. The van der Waals surface area contributed by atoms with Crippen molar-refractivity contribution >= 4 is 46.1 Å². The smallest absolute Gasteiger partial charge is 0.198 e.